The van der Waals surface area contributed by atoms with E-state index in [1.807, 2.05) is 34.6 Å². The van der Waals surface area contributed by atoms with Crippen LogP contribution in [0.15, 0.2) is 12.2 Å². The molecule has 0 heterocycles. The third-order valence-electron chi connectivity index (χ3n) is 3.26. The highest BCUT2D eigenvalue weighted by Gasteiger charge is 2.60. The molecule has 1 N–H and O–H groups in total. The van der Waals surface area contributed by atoms with E-state index in [2.05, 4.69) is 0 Å². The highest BCUT2D eigenvalue weighted by molar-refractivity contribution is 5.83. The van der Waals surface area contributed by atoms with Crippen molar-refractivity contribution in [2.45, 2.75) is 34.6 Å². The summed E-state index contributed by atoms with van der Waals surface area (Å²) in [5, 5.41) is 8.98. The van der Waals surface area contributed by atoms with Crippen molar-refractivity contribution in [1.29, 1.82) is 0 Å². The topological polar surface area (TPSA) is 63.6 Å². The van der Waals surface area contributed by atoms with Crippen LogP contribution in [0, 0.1) is 22.7 Å². The molecule has 0 spiro atoms. The van der Waals surface area contributed by atoms with Crippen molar-refractivity contribution in [3.05, 3.63) is 12.2 Å². The van der Waals surface area contributed by atoms with Crippen LogP contribution in [0.3, 0.4) is 0 Å². The monoisotopic (exact) mass is 254 g/mol. The number of carbonyl (C=O) groups excluding carboxylic acids is 1. The summed E-state index contributed by atoms with van der Waals surface area (Å²) < 4.78 is 5.08. The van der Waals surface area contributed by atoms with E-state index in [0.717, 1.165) is 0 Å². The summed E-state index contributed by atoms with van der Waals surface area (Å²) in [7, 11) is 0. The van der Waals surface area contributed by atoms with Gasteiger partial charge in [0.1, 0.15) is 0 Å². The fourth-order valence-electron chi connectivity index (χ4n) is 2.03. The molecule has 102 valence electrons. The molecule has 18 heavy (non-hydrogen) atoms. The molecular weight excluding hydrogens is 232 g/mol. The highest BCUT2D eigenvalue weighted by Crippen LogP contribution is 2.58. The summed E-state index contributed by atoms with van der Waals surface area (Å²) >= 11 is 0. The molecule has 0 aliphatic heterocycles. The number of hydrogen-bond donors (Lipinski definition) is 1. The number of rotatable bonds is 4. The van der Waals surface area contributed by atoms with E-state index in [4.69, 9.17) is 9.84 Å². The normalized spacial score (nSPS) is 26.1. The molecule has 1 aliphatic carbocycles. The molecule has 0 aromatic rings. The molecule has 0 aromatic carbocycles. The van der Waals surface area contributed by atoms with Crippen LogP contribution in [-0.2, 0) is 14.3 Å². The number of hydrogen-bond acceptors (Lipinski definition) is 3. The Labute approximate surface area is 108 Å². The summed E-state index contributed by atoms with van der Waals surface area (Å²) in [6.45, 7) is 10.1. The zero-order valence-corrected chi connectivity index (χ0v) is 11.7. The molecule has 1 saturated carbocycles. The Morgan fingerprint density at radius 2 is 1.89 bits per heavy atom. The summed E-state index contributed by atoms with van der Waals surface area (Å²) in [5.74, 6) is -1.70. The zero-order chi connectivity index (χ0) is 14.1. The number of carboxylic acid groups (broad SMARTS) is 1. The highest BCUT2D eigenvalue weighted by atomic mass is 16.5. The SMILES string of the molecule is CC(C)(C)COC(=O)/C=C\C1C(C(=O)O)C1(C)C. The molecule has 1 aliphatic rings. The Hall–Kier alpha value is -1.32. The van der Waals surface area contributed by atoms with Crippen molar-refractivity contribution in [3.63, 3.8) is 0 Å². The van der Waals surface area contributed by atoms with E-state index in [-0.39, 0.29) is 16.7 Å². The van der Waals surface area contributed by atoms with Gasteiger partial charge in [-0.1, -0.05) is 40.7 Å². The molecule has 0 radical (unpaired) electrons. The summed E-state index contributed by atoms with van der Waals surface area (Å²) in [4.78, 5) is 22.4. The van der Waals surface area contributed by atoms with Crippen LogP contribution in [0.2, 0.25) is 0 Å². The maximum Gasteiger partial charge on any atom is 0.330 e. The van der Waals surface area contributed by atoms with Crippen LogP contribution in [0.4, 0.5) is 0 Å². The number of esters is 1. The second kappa shape index (κ2) is 4.75. The van der Waals surface area contributed by atoms with Crippen molar-refractivity contribution in [1.82, 2.24) is 0 Å². The van der Waals surface area contributed by atoms with E-state index in [0.29, 0.717) is 6.61 Å². The van der Waals surface area contributed by atoms with Crippen molar-refractivity contribution in [3.8, 4) is 0 Å². The Morgan fingerprint density at radius 1 is 1.33 bits per heavy atom. The molecule has 2 atom stereocenters. The van der Waals surface area contributed by atoms with Gasteiger partial charge in [0.05, 0.1) is 12.5 Å². The predicted molar refractivity (Wildman–Crippen MR) is 68.0 cm³/mol. The minimum atomic E-state index is -0.808. The second-order valence-electron chi connectivity index (χ2n) is 6.69. The Bertz CT molecular complexity index is 374. The first-order valence-corrected chi connectivity index (χ1v) is 6.13. The van der Waals surface area contributed by atoms with E-state index in [9.17, 15) is 9.59 Å². The summed E-state index contributed by atoms with van der Waals surface area (Å²) in [6, 6.07) is 0. The maximum atomic E-state index is 11.5. The van der Waals surface area contributed by atoms with Gasteiger partial charge in [0.25, 0.3) is 0 Å². The average molecular weight is 254 g/mol. The minimum Gasteiger partial charge on any atom is -0.481 e. The Morgan fingerprint density at radius 3 is 2.28 bits per heavy atom. The van der Waals surface area contributed by atoms with E-state index >= 15 is 0 Å². The van der Waals surface area contributed by atoms with Crippen molar-refractivity contribution in [2.24, 2.45) is 22.7 Å². The molecule has 1 fully saturated rings. The Balaban J connectivity index is 2.47. The molecule has 4 heteroatoms. The molecule has 1 rings (SSSR count). The lowest BCUT2D eigenvalue weighted by Gasteiger charge is -2.16. The van der Waals surface area contributed by atoms with Crippen molar-refractivity contribution in [2.75, 3.05) is 6.61 Å². The quantitative estimate of drug-likeness (QED) is 0.618. The van der Waals surface area contributed by atoms with Crippen LogP contribution in [0.5, 0.6) is 0 Å². The van der Waals surface area contributed by atoms with Gasteiger partial charge < -0.3 is 9.84 Å². The number of carbonyl (C=O) groups is 2. The van der Waals surface area contributed by atoms with Crippen molar-refractivity contribution >= 4 is 11.9 Å². The third-order valence-corrected chi connectivity index (χ3v) is 3.26. The molecule has 0 amide bonds. The van der Waals surface area contributed by atoms with E-state index < -0.39 is 17.9 Å². The standard InChI is InChI=1S/C14H22O4/c1-13(2,3)8-18-10(15)7-6-9-11(12(16)17)14(9,4)5/h6-7,9,11H,8H2,1-5H3,(H,16,17)/b7-6-. The number of allylic oxidation sites excluding steroid dienone is 1. The van der Waals surface area contributed by atoms with Gasteiger partial charge in [0.15, 0.2) is 0 Å². The second-order valence-corrected chi connectivity index (χ2v) is 6.69. The van der Waals surface area contributed by atoms with Gasteiger partial charge in [-0.15, -0.1) is 0 Å². The molecule has 0 aromatic heterocycles. The third kappa shape index (κ3) is 3.59. The largest absolute Gasteiger partial charge is 0.481 e. The minimum absolute atomic E-state index is 0.0635. The van der Waals surface area contributed by atoms with Gasteiger partial charge >= 0.3 is 11.9 Å². The lowest BCUT2D eigenvalue weighted by Crippen LogP contribution is -2.17. The lowest BCUT2D eigenvalue weighted by atomic mass is 9.99. The van der Waals surface area contributed by atoms with E-state index in [1.165, 1.54) is 6.08 Å². The van der Waals surface area contributed by atoms with Crippen LogP contribution in [-0.4, -0.2) is 23.7 Å². The first-order valence-electron chi connectivity index (χ1n) is 6.13. The summed E-state index contributed by atoms with van der Waals surface area (Å²) in [6.07, 6.45) is 3.00. The van der Waals surface area contributed by atoms with Gasteiger partial charge in [0, 0.05) is 6.08 Å². The molecular formula is C14H22O4. The average Bonchev–Trinajstić information content (AvgIpc) is 2.73. The van der Waals surface area contributed by atoms with E-state index in [1.54, 1.807) is 6.08 Å². The van der Waals surface area contributed by atoms with Crippen LogP contribution < -0.4 is 0 Å². The first kappa shape index (κ1) is 14.7. The van der Waals surface area contributed by atoms with Crippen molar-refractivity contribution < 1.29 is 19.4 Å². The van der Waals surface area contributed by atoms with Gasteiger partial charge in [0.2, 0.25) is 0 Å². The molecule has 0 bridgehead atoms. The summed E-state index contributed by atoms with van der Waals surface area (Å²) in [5.41, 5.74) is -0.335. The van der Waals surface area contributed by atoms with Crippen LogP contribution in [0.1, 0.15) is 34.6 Å². The fraction of sp³-hybridized carbons (Fsp3) is 0.714. The smallest absolute Gasteiger partial charge is 0.330 e. The van der Waals surface area contributed by atoms with Crippen LogP contribution in [0.25, 0.3) is 0 Å². The van der Waals surface area contributed by atoms with Gasteiger partial charge in [-0.3, -0.25) is 4.79 Å². The van der Waals surface area contributed by atoms with Gasteiger partial charge in [-0.2, -0.15) is 0 Å². The number of ether oxygens (including phenoxy) is 1. The van der Waals surface area contributed by atoms with Gasteiger partial charge in [-0.25, -0.2) is 4.79 Å². The zero-order valence-electron chi connectivity index (χ0n) is 11.7. The van der Waals surface area contributed by atoms with Gasteiger partial charge in [-0.05, 0) is 16.7 Å². The molecule has 2 unspecified atom stereocenters. The first-order chi connectivity index (χ1) is 8.05. The fourth-order valence-corrected chi connectivity index (χ4v) is 2.03. The molecule has 0 saturated heterocycles. The number of carboxylic acids is 1. The maximum absolute atomic E-state index is 11.5. The number of aliphatic carboxylic acids is 1. The predicted octanol–water partition coefficient (Wildman–Crippen LogP) is 2.49. The van der Waals surface area contributed by atoms with Crippen LogP contribution >= 0.6 is 0 Å². The lowest BCUT2D eigenvalue weighted by molar-refractivity contribution is -0.141. The Kier molecular flexibility index (Phi) is 3.89. The molecule has 4 nitrogen and oxygen atoms in total.